The first-order valence-electron chi connectivity index (χ1n) is 10.6. The number of H-pyrrole nitrogens is 1. The normalized spacial score (nSPS) is 16.1. The van der Waals surface area contributed by atoms with E-state index < -0.39 is 0 Å². The number of likely N-dealkylation sites (tertiary alicyclic amines) is 1. The number of rotatable bonds is 5. The molecule has 1 aliphatic rings. The number of aryl methyl sites for hydroxylation is 1. The van der Waals surface area contributed by atoms with Gasteiger partial charge >= 0.3 is 0 Å². The van der Waals surface area contributed by atoms with Crippen molar-refractivity contribution in [1.29, 1.82) is 0 Å². The summed E-state index contributed by atoms with van der Waals surface area (Å²) in [7, 11) is 0. The van der Waals surface area contributed by atoms with Crippen molar-refractivity contribution in [3.8, 4) is 11.1 Å². The highest BCUT2D eigenvalue weighted by atomic mass is 16.2. The maximum atomic E-state index is 13.0. The van der Waals surface area contributed by atoms with Gasteiger partial charge in [0.15, 0.2) is 0 Å². The van der Waals surface area contributed by atoms with E-state index in [1.807, 2.05) is 41.6 Å². The van der Waals surface area contributed by atoms with Gasteiger partial charge in [-0.3, -0.25) is 9.78 Å². The molecular weight excluding hydrogens is 388 g/mol. The maximum absolute atomic E-state index is 13.0. The van der Waals surface area contributed by atoms with E-state index in [2.05, 4.69) is 32.1 Å². The molecule has 5 rings (SSSR count). The Labute approximate surface area is 180 Å². The highest BCUT2D eigenvalue weighted by molar-refractivity contribution is 5.84. The summed E-state index contributed by atoms with van der Waals surface area (Å²) in [5.74, 6) is 0.437. The molecule has 1 amide bonds. The zero-order valence-corrected chi connectivity index (χ0v) is 17.2. The highest BCUT2D eigenvalue weighted by Gasteiger charge is 2.30. The molecule has 1 fully saturated rings. The van der Waals surface area contributed by atoms with Crippen LogP contribution in [0.1, 0.15) is 36.6 Å². The first-order chi connectivity index (χ1) is 15.2. The molecule has 3 N–H and O–H groups in total. The number of benzene rings is 1. The van der Waals surface area contributed by atoms with Gasteiger partial charge in [-0.1, -0.05) is 24.3 Å². The molecule has 0 spiro atoms. The smallest absolute Gasteiger partial charge is 0.223 e. The van der Waals surface area contributed by atoms with E-state index in [9.17, 15) is 4.79 Å². The van der Waals surface area contributed by atoms with Gasteiger partial charge in [0.05, 0.1) is 11.7 Å². The Kier molecular flexibility index (Phi) is 5.08. The largest absolute Gasteiger partial charge is 0.368 e. The first kappa shape index (κ1) is 19.2. The number of para-hydroxylation sites is 1. The number of aromatic amines is 1. The lowest BCUT2D eigenvalue weighted by Crippen LogP contribution is -2.31. The van der Waals surface area contributed by atoms with Crippen molar-refractivity contribution in [3.05, 3.63) is 72.4 Å². The molecule has 0 bridgehead atoms. The summed E-state index contributed by atoms with van der Waals surface area (Å²) in [5, 5.41) is 1.19. The number of pyridine rings is 1. The summed E-state index contributed by atoms with van der Waals surface area (Å²) in [4.78, 5) is 31.0. The fourth-order valence-corrected chi connectivity index (χ4v) is 4.36. The van der Waals surface area contributed by atoms with Crippen molar-refractivity contribution >= 4 is 22.8 Å². The van der Waals surface area contributed by atoms with Gasteiger partial charge in [0.1, 0.15) is 0 Å². The summed E-state index contributed by atoms with van der Waals surface area (Å²) in [5.41, 5.74) is 10.6. The lowest BCUT2D eigenvalue weighted by molar-refractivity contribution is -0.132. The first-order valence-corrected chi connectivity index (χ1v) is 10.6. The molecule has 0 aliphatic carbocycles. The van der Waals surface area contributed by atoms with E-state index in [-0.39, 0.29) is 17.9 Å². The molecule has 3 aromatic heterocycles. The molecule has 7 nitrogen and oxygen atoms in total. The Bertz CT molecular complexity index is 1200. The van der Waals surface area contributed by atoms with Crippen LogP contribution in [0.25, 0.3) is 22.0 Å². The molecule has 1 atom stereocenters. The van der Waals surface area contributed by atoms with Gasteiger partial charge in [-0.15, -0.1) is 0 Å². The molecule has 7 heteroatoms. The average molecular weight is 412 g/mol. The summed E-state index contributed by atoms with van der Waals surface area (Å²) in [6, 6.07) is 12.2. The van der Waals surface area contributed by atoms with Crippen LogP contribution in [-0.2, 0) is 11.2 Å². The average Bonchev–Trinajstić information content (AvgIpc) is 3.46. The fourth-order valence-electron chi connectivity index (χ4n) is 4.36. The second-order valence-corrected chi connectivity index (χ2v) is 7.91. The van der Waals surface area contributed by atoms with Gasteiger partial charge in [-0.25, -0.2) is 9.97 Å². The van der Waals surface area contributed by atoms with E-state index in [1.165, 1.54) is 10.9 Å². The summed E-state index contributed by atoms with van der Waals surface area (Å²) < 4.78 is 0. The van der Waals surface area contributed by atoms with Crippen LogP contribution < -0.4 is 5.73 Å². The zero-order valence-electron chi connectivity index (χ0n) is 17.2. The Morgan fingerprint density at radius 2 is 1.87 bits per heavy atom. The molecule has 1 saturated heterocycles. The van der Waals surface area contributed by atoms with Crippen molar-refractivity contribution in [2.45, 2.75) is 31.7 Å². The Balaban J connectivity index is 1.27. The molecule has 156 valence electrons. The number of hydrogen-bond donors (Lipinski definition) is 2. The minimum absolute atomic E-state index is 0.0344. The Hall–Kier alpha value is -3.74. The molecule has 0 unspecified atom stereocenters. The number of nitrogens with one attached hydrogen (secondary N) is 1. The number of anilines is 1. The predicted octanol–water partition coefficient (Wildman–Crippen LogP) is 3.90. The number of nitrogen functional groups attached to an aromatic ring is 1. The van der Waals surface area contributed by atoms with E-state index in [0.29, 0.717) is 6.42 Å². The lowest BCUT2D eigenvalue weighted by atomic mass is 10.1. The SMILES string of the molecule is Nc1ncc(-c2ccc([C@H]3CCCN3C(=O)CCc3c[nH]c4ccccc34)nc2)cn1. The zero-order chi connectivity index (χ0) is 21.2. The third-order valence-electron chi connectivity index (χ3n) is 5.99. The van der Waals surface area contributed by atoms with Gasteiger partial charge in [-0.2, -0.15) is 0 Å². The second-order valence-electron chi connectivity index (χ2n) is 7.91. The number of carbonyl (C=O) groups excluding carboxylic acids is 1. The van der Waals surface area contributed by atoms with Gasteiger partial charge in [0, 0.05) is 59.8 Å². The topological polar surface area (TPSA) is 101 Å². The van der Waals surface area contributed by atoms with Crippen LogP contribution in [0.5, 0.6) is 0 Å². The standard InChI is InChI=1S/C24H24N6O/c25-24-28-14-18(15-29-24)16-7-9-21(27-12-16)22-6-3-11-30(22)23(31)10-8-17-13-26-20-5-2-1-4-19(17)20/h1-2,4-5,7,9,12-15,22,26H,3,6,8,10-11H2,(H2,25,28,29)/t22-/m1/s1. The summed E-state index contributed by atoms with van der Waals surface area (Å²) in [6.45, 7) is 0.784. The molecule has 4 heterocycles. The number of fused-ring (bicyclic) bond motifs is 1. The number of nitrogens with two attached hydrogens (primary N) is 1. The van der Waals surface area contributed by atoms with Crippen LogP contribution in [-0.4, -0.2) is 37.3 Å². The number of carbonyl (C=O) groups is 1. The van der Waals surface area contributed by atoms with Crippen LogP contribution in [0.15, 0.2) is 61.2 Å². The lowest BCUT2D eigenvalue weighted by Gasteiger charge is -2.24. The predicted molar refractivity (Wildman–Crippen MR) is 120 cm³/mol. The quantitative estimate of drug-likeness (QED) is 0.518. The number of nitrogens with zero attached hydrogens (tertiary/aromatic N) is 4. The minimum atomic E-state index is 0.0344. The van der Waals surface area contributed by atoms with Crippen LogP contribution in [0, 0.1) is 0 Å². The number of aromatic nitrogens is 4. The second kappa shape index (κ2) is 8.18. The monoisotopic (exact) mass is 412 g/mol. The maximum Gasteiger partial charge on any atom is 0.223 e. The fraction of sp³-hybridized carbons (Fsp3) is 0.250. The van der Waals surface area contributed by atoms with E-state index in [1.54, 1.807) is 12.4 Å². The van der Waals surface area contributed by atoms with Crippen molar-refractivity contribution in [3.63, 3.8) is 0 Å². The molecule has 4 aromatic rings. The van der Waals surface area contributed by atoms with Crippen LogP contribution in [0.4, 0.5) is 5.95 Å². The molecule has 31 heavy (non-hydrogen) atoms. The van der Waals surface area contributed by atoms with Gasteiger partial charge in [-0.05, 0) is 37.0 Å². The van der Waals surface area contributed by atoms with Crippen molar-refractivity contribution in [2.75, 3.05) is 12.3 Å². The minimum Gasteiger partial charge on any atom is -0.368 e. The van der Waals surface area contributed by atoms with Crippen molar-refractivity contribution < 1.29 is 4.79 Å². The van der Waals surface area contributed by atoms with E-state index in [4.69, 9.17) is 5.73 Å². The van der Waals surface area contributed by atoms with Gasteiger partial charge < -0.3 is 15.6 Å². The van der Waals surface area contributed by atoms with E-state index >= 15 is 0 Å². The molecular formula is C24H24N6O. The third kappa shape index (κ3) is 3.86. The van der Waals surface area contributed by atoms with Gasteiger partial charge in [0.25, 0.3) is 0 Å². The Morgan fingerprint density at radius 1 is 1.06 bits per heavy atom. The van der Waals surface area contributed by atoms with Crippen LogP contribution in [0.2, 0.25) is 0 Å². The molecule has 1 aliphatic heterocycles. The van der Waals surface area contributed by atoms with Crippen LogP contribution >= 0.6 is 0 Å². The summed E-state index contributed by atoms with van der Waals surface area (Å²) >= 11 is 0. The summed E-state index contributed by atoms with van der Waals surface area (Å²) in [6.07, 6.45) is 10.4. The van der Waals surface area contributed by atoms with Crippen LogP contribution in [0.3, 0.4) is 0 Å². The number of amides is 1. The molecule has 0 radical (unpaired) electrons. The van der Waals surface area contributed by atoms with Crippen molar-refractivity contribution in [2.24, 2.45) is 0 Å². The third-order valence-corrected chi connectivity index (χ3v) is 5.99. The molecule has 0 saturated carbocycles. The van der Waals surface area contributed by atoms with Gasteiger partial charge in [0.2, 0.25) is 11.9 Å². The highest BCUT2D eigenvalue weighted by Crippen LogP contribution is 2.32. The van der Waals surface area contributed by atoms with E-state index in [0.717, 1.165) is 48.1 Å². The number of hydrogen-bond acceptors (Lipinski definition) is 5. The molecule has 1 aromatic carbocycles. The Morgan fingerprint density at radius 3 is 2.68 bits per heavy atom. The van der Waals surface area contributed by atoms with Crippen molar-refractivity contribution in [1.82, 2.24) is 24.8 Å².